The normalized spacial score (nSPS) is 12.2. The van der Waals surface area contributed by atoms with Gasteiger partial charge in [0.2, 0.25) is 0 Å². The van der Waals surface area contributed by atoms with E-state index in [2.05, 4.69) is 22.9 Å². The van der Waals surface area contributed by atoms with E-state index in [1.807, 2.05) is 42.5 Å². The number of hydrogen-bond acceptors (Lipinski definition) is 1. The van der Waals surface area contributed by atoms with Gasteiger partial charge in [0.1, 0.15) is 5.75 Å². The molecule has 2 aromatic carbocycles. The molecule has 0 saturated heterocycles. The zero-order valence-electron chi connectivity index (χ0n) is 11.1. The highest BCUT2D eigenvalue weighted by atomic mass is 79.9. The lowest BCUT2D eigenvalue weighted by atomic mass is 10.0. The van der Waals surface area contributed by atoms with Gasteiger partial charge in [0, 0.05) is 5.02 Å². The number of halogens is 3. The molecule has 0 aliphatic heterocycles. The van der Waals surface area contributed by atoms with Gasteiger partial charge in [0.05, 0.1) is 16.5 Å². The van der Waals surface area contributed by atoms with E-state index in [1.54, 1.807) is 0 Å². The van der Waals surface area contributed by atoms with Crippen molar-refractivity contribution in [1.82, 2.24) is 0 Å². The fraction of sp³-hybridized carbons (Fsp3) is 0.250. The van der Waals surface area contributed by atoms with Crippen molar-refractivity contribution in [2.24, 2.45) is 0 Å². The molecule has 0 saturated carbocycles. The molecule has 1 unspecified atom stereocenters. The van der Waals surface area contributed by atoms with Crippen LogP contribution in [-0.4, -0.2) is 6.61 Å². The second kappa shape index (κ2) is 7.35. The van der Waals surface area contributed by atoms with Crippen LogP contribution in [0.15, 0.2) is 46.9 Å². The SMILES string of the molecule is CCCOc1ccc(C(Cl)c2ccc(Cl)cc2)cc1Br. The summed E-state index contributed by atoms with van der Waals surface area (Å²) in [5.41, 5.74) is 2.04. The molecule has 1 atom stereocenters. The minimum absolute atomic E-state index is 0.205. The van der Waals surface area contributed by atoms with Crippen molar-refractivity contribution in [3.05, 3.63) is 63.1 Å². The van der Waals surface area contributed by atoms with Crippen molar-refractivity contribution in [2.75, 3.05) is 6.61 Å². The lowest BCUT2D eigenvalue weighted by molar-refractivity contribution is 0.315. The second-order valence-corrected chi connectivity index (χ2v) is 6.18. The third kappa shape index (κ3) is 3.91. The smallest absolute Gasteiger partial charge is 0.133 e. The monoisotopic (exact) mass is 372 g/mol. The average molecular weight is 374 g/mol. The van der Waals surface area contributed by atoms with Crippen molar-refractivity contribution in [3.8, 4) is 5.75 Å². The Balaban J connectivity index is 2.20. The summed E-state index contributed by atoms with van der Waals surface area (Å²) in [5.74, 6) is 0.843. The van der Waals surface area contributed by atoms with Crippen LogP contribution in [0.4, 0.5) is 0 Å². The van der Waals surface area contributed by atoms with Gasteiger partial charge in [-0.1, -0.05) is 36.7 Å². The van der Waals surface area contributed by atoms with Gasteiger partial charge in [-0.2, -0.15) is 0 Å². The minimum atomic E-state index is -0.205. The predicted molar refractivity (Wildman–Crippen MR) is 89.1 cm³/mol. The molecule has 0 bridgehead atoms. The Morgan fingerprint density at radius 3 is 2.35 bits per heavy atom. The highest BCUT2D eigenvalue weighted by molar-refractivity contribution is 9.10. The number of hydrogen-bond donors (Lipinski definition) is 0. The van der Waals surface area contributed by atoms with E-state index in [9.17, 15) is 0 Å². The molecule has 106 valence electrons. The lowest BCUT2D eigenvalue weighted by Gasteiger charge is -2.13. The van der Waals surface area contributed by atoms with Crippen molar-refractivity contribution >= 4 is 39.1 Å². The van der Waals surface area contributed by atoms with Gasteiger partial charge in [-0.3, -0.25) is 0 Å². The molecular formula is C16H15BrCl2O. The Kier molecular flexibility index (Phi) is 5.76. The maximum absolute atomic E-state index is 6.51. The van der Waals surface area contributed by atoms with E-state index < -0.39 is 0 Å². The van der Waals surface area contributed by atoms with Crippen LogP contribution in [0.2, 0.25) is 5.02 Å². The van der Waals surface area contributed by atoms with Gasteiger partial charge >= 0.3 is 0 Å². The van der Waals surface area contributed by atoms with Gasteiger partial charge < -0.3 is 4.74 Å². The molecule has 0 N–H and O–H groups in total. The predicted octanol–water partition coefficient (Wildman–Crippen LogP) is 6.22. The van der Waals surface area contributed by atoms with E-state index in [0.717, 1.165) is 27.8 Å². The van der Waals surface area contributed by atoms with Gasteiger partial charge in [-0.05, 0) is 57.7 Å². The van der Waals surface area contributed by atoms with Crippen LogP contribution in [-0.2, 0) is 0 Å². The van der Waals surface area contributed by atoms with Crippen LogP contribution in [0.5, 0.6) is 5.75 Å². The third-order valence-corrected chi connectivity index (χ3v) is 4.25. The quantitative estimate of drug-likeness (QED) is 0.565. The number of alkyl halides is 1. The van der Waals surface area contributed by atoms with E-state index in [4.69, 9.17) is 27.9 Å². The zero-order valence-corrected chi connectivity index (χ0v) is 14.2. The number of rotatable bonds is 5. The topological polar surface area (TPSA) is 9.23 Å². The highest BCUT2D eigenvalue weighted by Crippen LogP contribution is 2.34. The van der Waals surface area contributed by atoms with Crippen LogP contribution >= 0.6 is 39.1 Å². The van der Waals surface area contributed by atoms with Gasteiger partial charge in [-0.15, -0.1) is 11.6 Å². The Labute approximate surface area is 138 Å². The Hall–Kier alpha value is -0.700. The summed E-state index contributed by atoms with van der Waals surface area (Å²) in [7, 11) is 0. The van der Waals surface area contributed by atoms with Crippen LogP contribution in [0, 0.1) is 0 Å². The van der Waals surface area contributed by atoms with E-state index in [0.29, 0.717) is 11.6 Å². The van der Waals surface area contributed by atoms with E-state index in [-0.39, 0.29) is 5.38 Å². The molecule has 2 aromatic rings. The molecule has 0 amide bonds. The maximum atomic E-state index is 6.51. The Morgan fingerprint density at radius 2 is 1.75 bits per heavy atom. The van der Waals surface area contributed by atoms with Gasteiger partial charge in [0.25, 0.3) is 0 Å². The largest absolute Gasteiger partial charge is 0.492 e. The fourth-order valence-electron chi connectivity index (χ4n) is 1.83. The van der Waals surface area contributed by atoms with E-state index in [1.165, 1.54) is 0 Å². The lowest BCUT2D eigenvalue weighted by Crippen LogP contribution is -1.98. The first kappa shape index (κ1) is 15.7. The first-order valence-corrected chi connectivity index (χ1v) is 8.04. The third-order valence-electron chi connectivity index (χ3n) is 2.87. The zero-order chi connectivity index (χ0) is 14.5. The van der Waals surface area contributed by atoms with Crippen molar-refractivity contribution in [2.45, 2.75) is 18.7 Å². The Morgan fingerprint density at radius 1 is 1.10 bits per heavy atom. The van der Waals surface area contributed by atoms with Crippen LogP contribution in [0.3, 0.4) is 0 Å². The molecule has 0 heterocycles. The molecule has 0 aromatic heterocycles. The summed E-state index contributed by atoms with van der Waals surface area (Å²) in [6.07, 6.45) is 0.983. The molecule has 0 spiro atoms. The van der Waals surface area contributed by atoms with Crippen LogP contribution in [0.1, 0.15) is 29.8 Å². The first-order chi connectivity index (χ1) is 9.61. The molecule has 0 fully saturated rings. The standard InChI is InChI=1S/C16H15BrCl2O/c1-2-9-20-15-8-5-12(10-14(15)17)16(19)11-3-6-13(18)7-4-11/h3-8,10,16H,2,9H2,1H3. The Bertz CT molecular complexity index is 569. The summed E-state index contributed by atoms with van der Waals surface area (Å²) in [5, 5.41) is 0.505. The first-order valence-electron chi connectivity index (χ1n) is 6.43. The fourth-order valence-corrected chi connectivity index (χ4v) is 2.75. The summed E-state index contributed by atoms with van der Waals surface area (Å²) in [6, 6.07) is 13.5. The van der Waals surface area contributed by atoms with Gasteiger partial charge in [0.15, 0.2) is 0 Å². The highest BCUT2D eigenvalue weighted by Gasteiger charge is 2.12. The van der Waals surface area contributed by atoms with Crippen LogP contribution in [0.25, 0.3) is 0 Å². The molecule has 0 radical (unpaired) electrons. The summed E-state index contributed by atoms with van der Waals surface area (Å²) >= 11 is 15.9. The summed E-state index contributed by atoms with van der Waals surface area (Å²) in [6.45, 7) is 2.79. The molecule has 2 rings (SSSR count). The minimum Gasteiger partial charge on any atom is -0.492 e. The number of benzene rings is 2. The molecule has 4 heteroatoms. The van der Waals surface area contributed by atoms with Gasteiger partial charge in [-0.25, -0.2) is 0 Å². The van der Waals surface area contributed by atoms with Crippen molar-refractivity contribution in [1.29, 1.82) is 0 Å². The average Bonchev–Trinajstić information content (AvgIpc) is 2.46. The summed E-state index contributed by atoms with van der Waals surface area (Å²) < 4.78 is 6.55. The van der Waals surface area contributed by atoms with Crippen LogP contribution < -0.4 is 4.74 Å². The molecular weight excluding hydrogens is 359 g/mol. The van der Waals surface area contributed by atoms with E-state index >= 15 is 0 Å². The van der Waals surface area contributed by atoms with Crippen molar-refractivity contribution < 1.29 is 4.74 Å². The molecule has 1 nitrogen and oxygen atoms in total. The van der Waals surface area contributed by atoms with Crippen molar-refractivity contribution in [3.63, 3.8) is 0 Å². The molecule has 20 heavy (non-hydrogen) atoms. The second-order valence-electron chi connectivity index (χ2n) is 4.45. The molecule has 0 aliphatic rings. The molecule has 0 aliphatic carbocycles. The summed E-state index contributed by atoms with van der Waals surface area (Å²) in [4.78, 5) is 0. The number of ether oxygens (including phenoxy) is 1. The maximum Gasteiger partial charge on any atom is 0.133 e.